The Morgan fingerprint density at radius 1 is 1.09 bits per heavy atom. The van der Waals surface area contributed by atoms with Crippen molar-refractivity contribution < 1.29 is 9.21 Å². The molecule has 0 saturated heterocycles. The predicted molar refractivity (Wildman–Crippen MR) is 129 cm³/mol. The highest BCUT2D eigenvalue weighted by Gasteiger charge is 2.37. The van der Waals surface area contributed by atoms with Gasteiger partial charge in [0.1, 0.15) is 11.8 Å². The van der Waals surface area contributed by atoms with E-state index in [9.17, 15) is 9.59 Å². The zero-order chi connectivity index (χ0) is 23.1. The number of aryl methyl sites for hydroxylation is 1. The van der Waals surface area contributed by atoms with Gasteiger partial charge in [-0.2, -0.15) is 5.10 Å². The van der Waals surface area contributed by atoms with Crippen molar-refractivity contribution in [3.63, 3.8) is 0 Å². The number of hydrazone groups is 1. The number of aromatic amines is 1. The summed E-state index contributed by atoms with van der Waals surface area (Å²) in [5, 5.41) is 7.14. The number of benzene rings is 2. The van der Waals surface area contributed by atoms with E-state index in [1.165, 1.54) is 5.01 Å². The number of fused-ring (bicyclic) bond motifs is 1. The van der Waals surface area contributed by atoms with Crippen molar-refractivity contribution in [3.05, 3.63) is 94.2 Å². The molecule has 0 spiro atoms. The summed E-state index contributed by atoms with van der Waals surface area (Å²) in [4.78, 5) is 29.5. The van der Waals surface area contributed by atoms with Gasteiger partial charge in [0, 0.05) is 28.8 Å². The van der Waals surface area contributed by atoms with E-state index >= 15 is 0 Å². The summed E-state index contributed by atoms with van der Waals surface area (Å²) in [6.45, 7) is 5.72. The number of carbonyl (C=O) groups excluding carboxylic acids is 1. The average molecular weight is 440 g/mol. The lowest BCUT2D eigenvalue weighted by Crippen LogP contribution is -2.30. The summed E-state index contributed by atoms with van der Waals surface area (Å²) < 4.78 is 5.64. The molecule has 5 rings (SSSR count). The second kappa shape index (κ2) is 8.20. The van der Waals surface area contributed by atoms with Crippen LogP contribution in [0, 0.1) is 12.8 Å². The molecule has 2 aromatic carbocycles. The molecule has 3 heterocycles. The van der Waals surface area contributed by atoms with Gasteiger partial charge in [0.05, 0.1) is 17.5 Å². The van der Waals surface area contributed by atoms with Gasteiger partial charge in [-0.05, 0) is 36.8 Å². The van der Waals surface area contributed by atoms with Crippen LogP contribution >= 0.6 is 0 Å². The minimum Gasteiger partial charge on any atom is -0.467 e. The first-order valence-electron chi connectivity index (χ1n) is 11.1. The maximum absolute atomic E-state index is 13.4. The number of nitrogens with one attached hydrogen (secondary N) is 1. The number of hydrogen-bond donors (Lipinski definition) is 1. The minimum absolute atomic E-state index is 0.110. The van der Waals surface area contributed by atoms with Gasteiger partial charge in [-0.1, -0.05) is 55.8 Å². The Morgan fingerprint density at radius 2 is 1.88 bits per heavy atom. The van der Waals surface area contributed by atoms with E-state index in [2.05, 4.69) is 11.1 Å². The van der Waals surface area contributed by atoms with Gasteiger partial charge in [-0.25, -0.2) is 5.01 Å². The van der Waals surface area contributed by atoms with Crippen molar-refractivity contribution >= 4 is 22.5 Å². The number of H-pyrrole nitrogens is 1. The normalized spacial score (nSPS) is 15.9. The van der Waals surface area contributed by atoms with Crippen LogP contribution in [0.1, 0.15) is 43.2 Å². The fourth-order valence-corrected chi connectivity index (χ4v) is 4.42. The van der Waals surface area contributed by atoms with Gasteiger partial charge in [0.2, 0.25) is 5.91 Å². The topological polar surface area (TPSA) is 78.7 Å². The molecule has 33 heavy (non-hydrogen) atoms. The SMILES string of the molecule is Cc1ccc2[nH]c(=O)c(C3=NN(C(=O)C(C)C)[C@@H](c4ccco4)C3)c(-c3ccccc3)c2c1. The van der Waals surface area contributed by atoms with Gasteiger partial charge < -0.3 is 9.40 Å². The Kier molecular flexibility index (Phi) is 5.21. The van der Waals surface area contributed by atoms with Gasteiger partial charge in [-0.15, -0.1) is 0 Å². The molecule has 1 aliphatic heterocycles. The third-order valence-electron chi connectivity index (χ3n) is 6.02. The predicted octanol–water partition coefficient (Wildman–Crippen LogP) is 5.43. The maximum atomic E-state index is 13.4. The first-order chi connectivity index (χ1) is 15.9. The largest absolute Gasteiger partial charge is 0.467 e. The van der Waals surface area contributed by atoms with Crippen LogP contribution in [0.2, 0.25) is 0 Å². The zero-order valence-corrected chi connectivity index (χ0v) is 18.8. The van der Waals surface area contributed by atoms with Gasteiger partial charge >= 0.3 is 0 Å². The standard InChI is InChI=1S/C27H25N3O3/c1-16(2)27(32)30-22(23-10-7-13-33-23)15-21(29-30)25-24(18-8-5-4-6-9-18)19-14-17(3)11-12-20(19)28-26(25)31/h4-14,16,22H,15H2,1-3H3,(H,28,31)/t22-/m1/s1. The highest BCUT2D eigenvalue weighted by Crippen LogP contribution is 2.37. The van der Waals surface area contributed by atoms with Crippen molar-refractivity contribution in [1.82, 2.24) is 9.99 Å². The van der Waals surface area contributed by atoms with Crippen molar-refractivity contribution in [3.8, 4) is 11.1 Å². The van der Waals surface area contributed by atoms with Crippen LogP contribution in [-0.4, -0.2) is 21.6 Å². The van der Waals surface area contributed by atoms with Crippen molar-refractivity contribution in [2.24, 2.45) is 11.0 Å². The van der Waals surface area contributed by atoms with E-state index in [0.29, 0.717) is 23.5 Å². The first-order valence-corrected chi connectivity index (χ1v) is 11.1. The van der Waals surface area contributed by atoms with Gasteiger partial charge in [-0.3, -0.25) is 9.59 Å². The molecule has 0 unspecified atom stereocenters. The van der Waals surface area contributed by atoms with Crippen LogP contribution in [-0.2, 0) is 4.79 Å². The van der Waals surface area contributed by atoms with Crippen LogP contribution in [0.3, 0.4) is 0 Å². The molecule has 0 fully saturated rings. The van der Waals surface area contributed by atoms with Gasteiger partial charge in [0.15, 0.2) is 0 Å². The molecular formula is C27H25N3O3. The van der Waals surface area contributed by atoms with Crippen LogP contribution in [0.25, 0.3) is 22.0 Å². The molecule has 166 valence electrons. The summed E-state index contributed by atoms with van der Waals surface area (Å²) in [6, 6.07) is 19.1. The van der Waals surface area contributed by atoms with Crippen LogP contribution in [0.15, 0.2) is 81.2 Å². The second-order valence-electron chi connectivity index (χ2n) is 8.74. The molecule has 1 aliphatic rings. The van der Waals surface area contributed by atoms with E-state index in [1.807, 2.05) is 69.3 Å². The Balaban J connectivity index is 1.76. The molecule has 0 saturated carbocycles. The number of nitrogens with zero attached hydrogens (tertiary/aromatic N) is 2. The Bertz CT molecular complexity index is 1420. The molecule has 0 radical (unpaired) electrons. The number of hydrogen-bond acceptors (Lipinski definition) is 4. The summed E-state index contributed by atoms with van der Waals surface area (Å²) >= 11 is 0. The smallest absolute Gasteiger partial charge is 0.258 e. The number of pyridine rings is 1. The average Bonchev–Trinajstić information content (AvgIpc) is 3.48. The highest BCUT2D eigenvalue weighted by atomic mass is 16.3. The maximum Gasteiger partial charge on any atom is 0.258 e. The van der Waals surface area contributed by atoms with Crippen molar-refractivity contribution in [1.29, 1.82) is 0 Å². The molecule has 1 atom stereocenters. The number of rotatable bonds is 4. The summed E-state index contributed by atoms with van der Waals surface area (Å²) in [5.74, 6) is 0.300. The number of aromatic nitrogens is 1. The molecule has 0 bridgehead atoms. The van der Waals surface area contributed by atoms with E-state index in [4.69, 9.17) is 9.52 Å². The molecule has 0 aliphatic carbocycles. The molecule has 1 amide bonds. The molecule has 6 nitrogen and oxygen atoms in total. The molecule has 6 heteroatoms. The van der Waals surface area contributed by atoms with Crippen molar-refractivity contribution in [2.45, 2.75) is 33.2 Å². The summed E-state index contributed by atoms with van der Waals surface area (Å²) in [6.07, 6.45) is 1.98. The fraction of sp³-hybridized carbons (Fsp3) is 0.222. The quantitative estimate of drug-likeness (QED) is 0.460. The van der Waals surface area contributed by atoms with Gasteiger partial charge in [0.25, 0.3) is 5.56 Å². The third kappa shape index (κ3) is 3.67. The first kappa shape index (κ1) is 20.9. The van der Waals surface area contributed by atoms with E-state index in [0.717, 1.165) is 27.6 Å². The van der Waals surface area contributed by atoms with Crippen LogP contribution < -0.4 is 5.56 Å². The van der Waals surface area contributed by atoms with E-state index < -0.39 is 0 Å². The Morgan fingerprint density at radius 3 is 2.58 bits per heavy atom. The fourth-order valence-electron chi connectivity index (χ4n) is 4.42. The van der Waals surface area contributed by atoms with E-state index in [-0.39, 0.29) is 23.4 Å². The monoisotopic (exact) mass is 439 g/mol. The van der Waals surface area contributed by atoms with E-state index in [1.54, 1.807) is 12.3 Å². The van der Waals surface area contributed by atoms with Crippen LogP contribution in [0.5, 0.6) is 0 Å². The lowest BCUT2D eigenvalue weighted by molar-refractivity contribution is -0.136. The Labute approximate surface area is 191 Å². The lowest BCUT2D eigenvalue weighted by atomic mass is 9.91. The minimum atomic E-state index is -0.388. The molecular weight excluding hydrogens is 414 g/mol. The number of carbonyl (C=O) groups is 1. The molecule has 2 aromatic heterocycles. The number of furan rings is 1. The number of amides is 1. The lowest BCUT2D eigenvalue weighted by Gasteiger charge is -2.21. The van der Waals surface area contributed by atoms with Crippen LogP contribution in [0.4, 0.5) is 0 Å². The zero-order valence-electron chi connectivity index (χ0n) is 18.8. The Hall–Kier alpha value is -3.93. The summed E-state index contributed by atoms with van der Waals surface area (Å²) in [7, 11) is 0. The second-order valence-corrected chi connectivity index (χ2v) is 8.74. The molecule has 4 aromatic rings. The summed E-state index contributed by atoms with van der Waals surface area (Å²) in [5.41, 5.74) is 4.47. The third-order valence-corrected chi connectivity index (χ3v) is 6.02. The molecule has 1 N–H and O–H groups in total. The highest BCUT2D eigenvalue weighted by molar-refractivity contribution is 6.13. The van der Waals surface area contributed by atoms with Crippen molar-refractivity contribution in [2.75, 3.05) is 0 Å².